The van der Waals surface area contributed by atoms with Gasteiger partial charge in [0.05, 0.1) is 6.04 Å². The number of aromatic amines is 1. The van der Waals surface area contributed by atoms with Gasteiger partial charge in [-0.1, -0.05) is 18.2 Å². The van der Waals surface area contributed by atoms with Gasteiger partial charge in [-0.2, -0.15) is 0 Å². The van der Waals surface area contributed by atoms with Gasteiger partial charge in [-0.15, -0.1) is 0 Å². The van der Waals surface area contributed by atoms with Crippen LogP contribution >= 0.6 is 0 Å². The Morgan fingerprint density at radius 1 is 1.26 bits per heavy atom. The van der Waals surface area contributed by atoms with E-state index in [4.69, 9.17) is 0 Å². The lowest BCUT2D eigenvalue weighted by atomic mass is 9.85. The first-order chi connectivity index (χ1) is 9.36. The van der Waals surface area contributed by atoms with E-state index in [1.807, 2.05) is 0 Å². The van der Waals surface area contributed by atoms with E-state index in [0.717, 1.165) is 38.6 Å². The fourth-order valence-electron chi connectivity index (χ4n) is 3.76. The molecule has 2 aromatic rings. The Hall–Kier alpha value is -1.61. The van der Waals surface area contributed by atoms with Crippen molar-refractivity contribution in [2.45, 2.75) is 25.3 Å². The van der Waals surface area contributed by atoms with Crippen molar-refractivity contribution in [3.8, 4) is 0 Å². The second kappa shape index (κ2) is 4.20. The maximum Gasteiger partial charge on any atom is 0.123 e. The van der Waals surface area contributed by atoms with Gasteiger partial charge in [-0.25, -0.2) is 0 Å². The average Bonchev–Trinajstić information content (AvgIpc) is 2.85. The Morgan fingerprint density at radius 2 is 2.16 bits per heavy atom. The number of carbonyl (C=O) groups excluding carboxylic acids is 1. The maximum absolute atomic E-state index is 11.1. The highest BCUT2D eigenvalue weighted by molar-refractivity contribution is 5.85. The monoisotopic (exact) mass is 254 g/mol. The van der Waals surface area contributed by atoms with E-state index in [1.165, 1.54) is 22.2 Å². The molecule has 0 unspecified atom stereocenters. The Labute approximate surface area is 112 Å². The quantitative estimate of drug-likeness (QED) is 0.794. The number of H-pyrrole nitrogens is 1. The van der Waals surface area contributed by atoms with Crippen molar-refractivity contribution in [1.82, 2.24) is 9.88 Å². The highest BCUT2D eigenvalue weighted by Gasteiger charge is 2.35. The molecule has 1 aromatic heterocycles. The molecule has 3 nitrogen and oxygen atoms in total. The molecule has 0 aliphatic carbocycles. The number of fused-ring (bicyclic) bond motifs is 5. The van der Waals surface area contributed by atoms with Gasteiger partial charge in [0.15, 0.2) is 0 Å². The maximum atomic E-state index is 11.1. The summed E-state index contributed by atoms with van der Waals surface area (Å²) in [6, 6.07) is 8.97. The van der Waals surface area contributed by atoms with Crippen molar-refractivity contribution in [2.75, 3.05) is 13.1 Å². The molecule has 0 spiro atoms. The third-order valence-electron chi connectivity index (χ3n) is 4.78. The molecule has 1 N–H and O–H groups in total. The summed E-state index contributed by atoms with van der Waals surface area (Å²) in [5, 5.41) is 1.37. The highest BCUT2D eigenvalue weighted by atomic mass is 16.1. The molecular formula is C16H18N2O. The molecule has 1 aromatic carbocycles. The zero-order valence-electron chi connectivity index (χ0n) is 10.9. The summed E-state index contributed by atoms with van der Waals surface area (Å²) in [6.45, 7) is 2.19. The number of nitrogens with zero attached hydrogens (tertiary/aromatic N) is 1. The van der Waals surface area contributed by atoms with Gasteiger partial charge in [0.2, 0.25) is 0 Å². The Bertz CT molecular complexity index is 631. The van der Waals surface area contributed by atoms with Gasteiger partial charge in [-0.05, 0) is 37.4 Å². The van der Waals surface area contributed by atoms with Crippen LogP contribution in [0.4, 0.5) is 0 Å². The van der Waals surface area contributed by atoms with Crippen molar-refractivity contribution in [3.63, 3.8) is 0 Å². The molecule has 2 aliphatic rings. The van der Waals surface area contributed by atoms with E-state index in [9.17, 15) is 4.79 Å². The third kappa shape index (κ3) is 1.65. The Kier molecular flexibility index (Phi) is 2.49. The van der Waals surface area contributed by atoms with Crippen molar-refractivity contribution >= 4 is 17.2 Å². The zero-order valence-corrected chi connectivity index (χ0v) is 10.9. The number of carbonyl (C=O) groups is 1. The highest BCUT2D eigenvalue weighted by Crippen LogP contribution is 2.40. The second-order valence-corrected chi connectivity index (χ2v) is 5.79. The smallest absolute Gasteiger partial charge is 0.123 e. The number of nitrogens with one attached hydrogen (secondary N) is 1. The van der Waals surface area contributed by atoms with E-state index in [-0.39, 0.29) is 5.92 Å². The molecule has 98 valence electrons. The standard InChI is InChI=1S/C16H18N2O/c19-10-11-5-7-18-8-6-13-12-3-1-2-4-14(12)17-16(13)15(18)9-11/h1-4,10-11,15,17H,5-9H2/t11-,15+/m1/s1. The average molecular weight is 254 g/mol. The summed E-state index contributed by atoms with van der Waals surface area (Å²) in [4.78, 5) is 17.2. The molecule has 0 radical (unpaired) electrons. The van der Waals surface area contributed by atoms with Gasteiger partial charge in [0.25, 0.3) is 0 Å². The van der Waals surface area contributed by atoms with E-state index >= 15 is 0 Å². The molecule has 3 heterocycles. The number of hydrogen-bond donors (Lipinski definition) is 1. The summed E-state index contributed by atoms with van der Waals surface area (Å²) in [5.74, 6) is 0.235. The van der Waals surface area contributed by atoms with Crippen LogP contribution in [0, 0.1) is 5.92 Å². The number of benzene rings is 1. The lowest BCUT2D eigenvalue weighted by molar-refractivity contribution is -0.113. The minimum atomic E-state index is 0.235. The Morgan fingerprint density at radius 3 is 3.05 bits per heavy atom. The predicted molar refractivity (Wildman–Crippen MR) is 75.1 cm³/mol. The van der Waals surface area contributed by atoms with E-state index in [1.54, 1.807) is 0 Å². The minimum Gasteiger partial charge on any atom is -0.357 e. The number of rotatable bonds is 1. The van der Waals surface area contributed by atoms with E-state index in [0.29, 0.717) is 6.04 Å². The van der Waals surface area contributed by atoms with E-state index in [2.05, 4.69) is 34.1 Å². The van der Waals surface area contributed by atoms with Crippen molar-refractivity contribution in [2.24, 2.45) is 5.92 Å². The van der Waals surface area contributed by atoms with Gasteiger partial charge < -0.3 is 9.78 Å². The number of piperidine rings is 1. The van der Waals surface area contributed by atoms with Crippen LogP contribution in [0.2, 0.25) is 0 Å². The fourth-order valence-corrected chi connectivity index (χ4v) is 3.76. The summed E-state index contributed by atoms with van der Waals surface area (Å²) >= 11 is 0. The lowest BCUT2D eigenvalue weighted by Crippen LogP contribution is -2.41. The van der Waals surface area contributed by atoms with Crippen LogP contribution < -0.4 is 0 Å². The zero-order chi connectivity index (χ0) is 12.8. The lowest BCUT2D eigenvalue weighted by Gasteiger charge is -2.41. The first-order valence-corrected chi connectivity index (χ1v) is 7.15. The number of aldehydes is 1. The van der Waals surface area contributed by atoms with Crippen LogP contribution in [-0.4, -0.2) is 29.3 Å². The molecule has 0 bridgehead atoms. The van der Waals surface area contributed by atoms with Crippen LogP contribution in [0.3, 0.4) is 0 Å². The number of para-hydroxylation sites is 1. The van der Waals surface area contributed by atoms with Crippen LogP contribution in [0.25, 0.3) is 10.9 Å². The predicted octanol–water partition coefficient (Wildman–Crippen LogP) is 2.68. The number of aromatic nitrogens is 1. The fraction of sp³-hybridized carbons (Fsp3) is 0.438. The van der Waals surface area contributed by atoms with Gasteiger partial charge >= 0.3 is 0 Å². The molecule has 3 heteroatoms. The molecule has 19 heavy (non-hydrogen) atoms. The van der Waals surface area contributed by atoms with Crippen molar-refractivity contribution in [3.05, 3.63) is 35.5 Å². The molecule has 2 aliphatic heterocycles. The van der Waals surface area contributed by atoms with Gasteiger partial charge in [0, 0.05) is 29.1 Å². The molecule has 0 amide bonds. The van der Waals surface area contributed by atoms with Crippen molar-refractivity contribution in [1.29, 1.82) is 0 Å². The summed E-state index contributed by atoms with van der Waals surface area (Å²) in [5.41, 5.74) is 4.07. The normalized spacial score (nSPS) is 26.9. The summed E-state index contributed by atoms with van der Waals surface area (Å²) < 4.78 is 0. The Balaban J connectivity index is 1.82. The molecule has 1 saturated heterocycles. The molecule has 2 atom stereocenters. The molecule has 4 rings (SSSR count). The van der Waals surface area contributed by atoms with Crippen LogP contribution in [0.1, 0.15) is 30.1 Å². The number of hydrogen-bond acceptors (Lipinski definition) is 2. The largest absolute Gasteiger partial charge is 0.357 e. The molecule has 1 fully saturated rings. The van der Waals surface area contributed by atoms with Crippen LogP contribution in [0.5, 0.6) is 0 Å². The van der Waals surface area contributed by atoms with Gasteiger partial charge in [0.1, 0.15) is 6.29 Å². The van der Waals surface area contributed by atoms with Crippen LogP contribution in [-0.2, 0) is 11.2 Å². The first-order valence-electron chi connectivity index (χ1n) is 7.15. The minimum absolute atomic E-state index is 0.235. The first kappa shape index (κ1) is 11.2. The van der Waals surface area contributed by atoms with E-state index < -0.39 is 0 Å². The van der Waals surface area contributed by atoms with Crippen molar-refractivity contribution < 1.29 is 4.79 Å². The topological polar surface area (TPSA) is 36.1 Å². The van der Waals surface area contributed by atoms with Gasteiger partial charge in [-0.3, -0.25) is 4.90 Å². The summed E-state index contributed by atoms with van der Waals surface area (Å²) in [7, 11) is 0. The summed E-state index contributed by atoms with van der Waals surface area (Å²) in [6.07, 6.45) is 4.27. The van der Waals surface area contributed by atoms with Crippen LogP contribution in [0.15, 0.2) is 24.3 Å². The SMILES string of the molecule is O=C[C@@H]1CCN2CCc3c([nH]c4ccccc34)[C@@H]2C1. The molecular weight excluding hydrogens is 236 g/mol. The molecule has 0 saturated carbocycles. The second-order valence-electron chi connectivity index (χ2n) is 5.79. The third-order valence-corrected chi connectivity index (χ3v) is 4.78.